The molecule has 0 bridgehead atoms. The third-order valence-electron chi connectivity index (χ3n) is 1.90. The van der Waals surface area contributed by atoms with Crippen LogP contribution in [0.5, 0.6) is 0 Å². The molecule has 0 aliphatic carbocycles. The van der Waals surface area contributed by atoms with Gasteiger partial charge in [0.25, 0.3) is 0 Å². The number of nitrogens with zero attached hydrogens (tertiary/aromatic N) is 2. The molecule has 1 atom stereocenters. The fourth-order valence-corrected chi connectivity index (χ4v) is 1.31. The predicted molar refractivity (Wildman–Crippen MR) is 42.1 cm³/mol. The van der Waals surface area contributed by atoms with Gasteiger partial charge in [-0.1, -0.05) is 6.92 Å². The lowest BCUT2D eigenvalue weighted by Gasteiger charge is -2.30. The Morgan fingerprint density at radius 1 is 1.73 bits per heavy atom. The van der Waals surface area contributed by atoms with Crippen LogP contribution >= 0.6 is 0 Å². The second-order valence-corrected chi connectivity index (χ2v) is 2.76. The maximum absolute atomic E-state index is 8.72. The second-order valence-electron chi connectivity index (χ2n) is 2.76. The molecule has 3 nitrogen and oxygen atoms in total. The van der Waals surface area contributed by atoms with E-state index in [0.717, 1.165) is 26.1 Å². The van der Waals surface area contributed by atoms with Crippen molar-refractivity contribution in [2.24, 2.45) is 0 Å². The molecule has 1 aliphatic rings. The molecule has 1 fully saturated rings. The van der Waals surface area contributed by atoms with Gasteiger partial charge in [-0.05, 0) is 13.0 Å². The predicted octanol–water partition coefficient (Wildman–Crippen LogP) is 0.621. The van der Waals surface area contributed by atoms with Crippen LogP contribution in [0.2, 0.25) is 0 Å². The van der Waals surface area contributed by atoms with Crippen molar-refractivity contribution in [2.45, 2.75) is 19.4 Å². The Labute approximate surface area is 67.6 Å². The van der Waals surface area contributed by atoms with E-state index < -0.39 is 0 Å². The zero-order valence-corrected chi connectivity index (χ0v) is 6.92. The zero-order valence-electron chi connectivity index (χ0n) is 6.92. The number of hydrogen-bond acceptors (Lipinski definition) is 3. The average Bonchev–Trinajstić information content (AvgIpc) is 2.06. The number of ether oxygens (including phenoxy) is 1. The van der Waals surface area contributed by atoms with Crippen LogP contribution in [0.15, 0.2) is 0 Å². The number of hydrogen-bond donors (Lipinski definition) is 0. The molecule has 0 spiro atoms. The fraction of sp³-hybridized carbons (Fsp3) is 0.875. The molecule has 1 unspecified atom stereocenters. The van der Waals surface area contributed by atoms with Crippen molar-refractivity contribution in [2.75, 3.05) is 26.3 Å². The molecule has 0 amide bonds. The summed E-state index contributed by atoms with van der Waals surface area (Å²) in [5.41, 5.74) is 0. The Kier molecular flexibility index (Phi) is 3.34. The standard InChI is InChI=1S/C8H14N2O/c1-2-3-10-4-5-11-7-8(10)6-9/h8H,2-5,7H2,1H3. The summed E-state index contributed by atoms with van der Waals surface area (Å²) in [6.45, 7) is 5.41. The maximum Gasteiger partial charge on any atom is 0.121 e. The Hall–Kier alpha value is -0.590. The van der Waals surface area contributed by atoms with E-state index in [2.05, 4.69) is 17.9 Å². The minimum atomic E-state index is -0.0105. The quantitative estimate of drug-likeness (QED) is 0.585. The van der Waals surface area contributed by atoms with E-state index in [0.29, 0.717) is 6.61 Å². The van der Waals surface area contributed by atoms with E-state index in [-0.39, 0.29) is 6.04 Å². The molecule has 3 heteroatoms. The second kappa shape index (κ2) is 4.32. The highest BCUT2D eigenvalue weighted by Gasteiger charge is 2.20. The minimum absolute atomic E-state index is 0.0105. The van der Waals surface area contributed by atoms with Crippen molar-refractivity contribution in [1.29, 1.82) is 5.26 Å². The Balaban J connectivity index is 2.39. The molecule has 1 heterocycles. The molecule has 0 aromatic rings. The topological polar surface area (TPSA) is 36.3 Å². The summed E-state index contributed by atoms with van der Waals surface area (Å²) in [7, 11) is 0. The van der Waals surface area contributed by atoms with Gasteiger partial charge in [-0.2, -0.15) is 5.26 Å². The van der Waals surface area contributed by atoms with Gasteiger partial charge < -0.3 is 4.74 Å². The summed E-state index contributed by atoms with van der Waals surface area (Å²) in [6, 6.07) is 2.23. The van der Waals surface area contributed by atoms with Gasteiger partial charge in [0.1, 0.15) is 6.04 Å². The number of morpholine rings is 1. The highest BCUT2D eigenvalue weighted by molar-refractivity contribution is 4.93. The molecule has 0 saturated carbocycles. The summed E-state index contributed by atoms with van der Waals surface area (Å²) >= 11 is 0. The molecule has 11 heavy (non-hydrogen) atoms. The van der Waals surface area contributed by atoms with Crippen LogP contribution in [-0.4, -0.2) is 37.2 Å². The van der Waals surface area contributed by atoms with Gasteiger partial charge in [0, 0.05) is 6.54 Å². The average molecular weight is 154 g/mol. The summed E-state index contributed by atoms with van der Waals surface area (Å²) in [6.07, 6.45) is 1.11. The third-order valence-corrected chi connectivity index (χ3v) is 1.90. The van der Waals surface area contributed by atoms with Crippen molar-refractivity contribution >= 4 is 0 Å². The van der Waals surface area contributed by atoms with Crippen LogP contribution in [0.3, 0.4) is 0 Å². The van der Waals surface area contributed by atoms with Gasteiger partial charge in [-0.25, -0.2) is 0 Å². The van der Waals surface area contributed by atoms with E-state index in [1.165, 1.54) is 0 Å². The highest BCUT2D eigenvalue weighted by atomic mass is 16.5. The van der Waals surface area contributed by atoms with Crippen LogP contribution in [0.25, 0.3) is 0 Å². The Bertz CT molecular complexity index is 151. The molecule has 1 aliphatic heterocycles. The van der Waals surface area contributed by atoms with Crippen LogP contribution in [-0.2, 0) is 4.74 Å². The fourth-order valence-electron chi connectivity index (χ4n) is 1.31. The maximum atomic E-state index is 8.72. The van der Waals surface area contributed by atoms with E-state index in [4.69, 9.17) is 10.00 Å². The lowest BCUT2D eigenvalue weighted by atomic mass is 10.2. The molecule has 1 saturated heterocycles. The normalized spacial score (nSPS) is 26.4. The van der Waals surface area contributed by atoms with Gasteiger partial charge in [0.2, 0.25) is 0 Å². The molecular weight excluding hydrogens is 140 g/mol. The van der Waals surface area contributed by atoms with Crippen molar-refractivity contribution in [1.82, 2.24) is 4.90 Å². The van der Waals surface area contributed by atoms with Gasteiger partial charge in [0.15, 0.2) is 0 Å². The highest BCUT2D eigenvalue weighted by Crippen LogP contribution is 2.05. The molecule has 0 N–H and O–H groups in total. The van der Waals surface area contributed by atoms with E-state index in [9.17, 15) is 0 Å². The monoisotopic (exact) mass is 154 g/mol. The summed E-state index contributed by atoms with van der Waals surface area (Å²) in [5, 5.41) is 8.72. The first-order chi connectivity index (χ1) is 5.38. The smallest absolute Gasteiger partial charge is 0.121 e. The lowest BCUT2D eigenvalue weighted by molar-refractivity contribution is 0.0130. The molecular formula is C8H14N2O. The van der Waals surface area contributed by atoms with E-state index in [1.54, 1.807) is 0 Å². The minimum Gasteiger partial charge on any atom is -0.377 e. The van der Waals surface area contributed by atoms with Crippen molar-refractivity contribution in [3.63, 3.8) is 0 Å². The van der Waals surface area contributed by atoms with Crippen LogP contribution in [0.4, 0.5) is 0 Å². The van der Waals surface area contributed by atoms with Crippen LogP contribution < -0.4 is 0 Å². The van der Waals surface area contributed by atoms with E-state index in [1.807, 2.05) is 0 Å². The van der Waals surface area contributed by atoms with Gasteiger partial charge >= 0.3 is 0 Å². The molecule has 0 aromatic heterocycles. The van der Waals surface area contributed by atoms with Crippen LogP contribution in [0, 0.1) is 11.3 Å². The summed E-state index contributed by atoms with van der Waals surface area (Å²) in [4.78, 5) is 2.18. The third kappa shape index (κ3) is 2.18. The first-order valence-electron chi connectivity index (χ1n) is 4.10. The molecule has 62 valence electrons. The lowest BCUT2D eigenvalue weighted by Crippen LogP contribution is -2.44. The van der Waals surface area contributed by atoms with Crippen molar-refractivity contribution in [3.05, 3.63) is 0 Å². The van der Waals surface area contributed by atoms with E-state index >= 15 is 0 Å². The molecule has 1 rings (SSSR count). The largest absolute Gasteiger partial charge is 0.377 e. The number of rotatable bonds is 2. The summed E-state index contributed by atoms with van der Waals surface area (Å²) in [5.74, 6) is 0. The first kappa shape index (κ1) is 8.51. The van der Waals surface area contributed by atoms with Crippen molar-refractivity contribution < 1.29 is 4.74 Å². The van der Waals surface area contributed by atoms with Crippen LogP contribution in [0.1, 0.15) is 13.3 Å². The van der Waals surface area contributed by atoms with Crippen molar-refractivity contribution in [3.8, 4) is 6.07 Å². The van der Waals surface area contributed by atoms with Gasteiger partial charge in [-0.3, -0.25) is 4.90 Å². The Morgan fingerprint density at radius 2 is 2.55 bits per heavy atom. The molecule has 0 radical (unpaired) electrons. The van der Waals surface area contributed by atoms with Gasteiger partial charge in [0.05, 0.1) is 19.3 Å². The summed E-state index contributed by atoms with van der Waals surface area (Å²) < 4.78 is 5.19. The SMILES string of the molecule is CCCN1CCOCC1C#N. The number of nitriles is 1. The Morgan fingerprint density at radius 3 is 3.18 bits per heavy atom. The zero-order chi connectivity index (χ0) is 8.10. The van der Waals surface area contributed by atoms with Gasteiger partial charge in [-0.15, -0.1) is 0 Å². The first-order valence-corrected chi connectivity index (χ1v) is 4.10. The molecule has 0 aromatic carbocycles.